The van der Waals surface area contributed by atoms with E-state index in [1.165, 1.54) is 6.20 Å². The lowest BCUT2D eigenvalue weighted by molar-refractivity contribution is 0.122. The van der Waals surface area contributed by atoms with Gasteiger partial charge in [-0.1, -0.05) is 12.1 Å². The molecule has 2 N–H and O–H groups in total. The van der Waals surface area contributed by atoms with Crippen molar-refractivity contribution in [2.45, 2.75) is 36.6 Å². The molecule has 0 spiro atoms. The third-order valence-corrected chi connectivity index (χ3v) is 5.75. The topological polar surface area (TPSA) is 106 Å². The van der Waals surface area contributed by atoms with Gasteiger partial charge in [0, 0.05) is 13.7 Å². The third kappa shape index (κ3) is 3.30. The van der Waals surface area contributed by atoms with Gasteiger partial charge in [-0.25, -0.2) is 18.1 Å². The number of sulfonamides is 1. The summed E-state index contributed by atoms with van der Waals surface area (Å²) in [6, 6.07) is 1.56. The van der Waals surface area contributed by atoms with E-state index in [1.807, 2.05) is 6.92 Å². The molecule has 0 saturated carbocycles. The number of pyridine rings is 1. The van der Waals surface area contributed by atoms with Crippen molar-refractivity contribution in [3.05, 3.63) is 18.0 Å². The van der Waals surface area contributed by atoms with Crippen molar-refractivity contribution < 1.29 is 17.7 Å². The number of rotatable bonds is 7. The molecule has 1 fully saturated rings. The molecule has 132 valence electrons. The van der Waals surface area contributed by atoms with Gasteiger partial charge in [-0.05, 0) is 31.9 Å². The van der Waals surface area contributed by atoms with Gasteiger partial charge in [0.1, 0.15) is 4.90 Å². The van der Waals surface area contributed by atoms with Crippen LogP contribution >= 0.6 is 0 Å². The number of hydrogen-bond acceptors (Lipinski definition) is 7. The van der Waals surface area contributed by atoms with Gasteiger partial charge in [-0.15, -0.1) is 0 Å². The van der Waals surface area contributed by atoms with E-state index >= 15 is 0 Å². The van der Waals surface area contributed by atoms with Crippen LogP contribution in [0.1, 0.15) is 25.5 Å². The number of fused-ring (bicyclic) bond motifs is 1. The number of nitrogens with one attached hydrogen (secondary N) is 2. The zero-order chi connectivity index (χ0) is 17.2. The van der Waals surface area contributed by atoms with Gasteiger partial charge in [0.2, 0.25) is 10.0 Å². The summed E-state index contributed by atoms with van der Waals surface area (Å²) in [7, 11) is -2.06. The molecule has 24 heavy (non-hydrogen) atoms. The summed E-state index contributed by atoms with van der Waals surface area (Å²) in [5, 5.41) is 7.88. The van der Waals surface area contributed by atoms with Crippen LogP contribution in [0.25, 0.3) is 11.1 Å². The third-order valence-electron chi connectivity index (χ3n) is 4.38. The molecule has 9 heteroatoms. The van der Waals surface area contributed by atoms with Crippen LogP contribution in [0.15, 0.2) is 21.7 Å². The molecule has 0 amide bonds. The number of ether oxygens (including phenoxy) is 1. The second-order valence-electron chi connectivity index (χ2n) is 6.07. The van der Waals surface area contributed by atoms with Gasteiger partial charge in [-0.3, -0.25) is 0 Å². The van der Waals surface area contributed by atoms with Gasteiger partial charge in [-0.2, -0.15) is 0 Å². The maximum absolute atomic E-state index is 12.6. The molecule has 2 aromatic rings. The smallest absolute Gasteiger partial charge is 0.258 e. The van der Waals surface area contributed by atoms with Crippen LogP contribution in [-0.4, -0.2) is 50.9 Å². The SMILES string of the molecule is CCc1noc2ncc(S(=O)(=O)NCC3(COC)CCCN3)cc12. The predicted molar refractivity (Wildman–Crippen MR) is 88.2 cm³/mol. The second kappa shape index (κ2) is 6.75. The average molecular weight is 354 g/mol. The lowest BCUT2D eigenvalue weighted by atomic mass is 9.99. The van der Waals surface area contributed by atoms with E-state index in [-0.39, 0.29) is 17.0 Å². The largest absolute Gasteiger partial charge is 0.383 e. The molecule has 3 heterocycles. The highest BCUT2D eigenvalue weighted by Crippen LogP contribution is 2.22. The van der Waals surface area contributed by atoms with Crippen LogP contribution in [0.2, 0.25) is 0 Å². The Bertz CT molecular complexity index is 812. The van der Waals surface area contributed by atoms with E-state index < -0.39 is 10.0 Å². The Kier molecular flexibility index (Phi) is 4.86. The van der Waals surface area contributed by atoms with E-state index in [0.717, 1.165) is 19.4 Å². The van der Waals surface area contributed by atoms with Crippen molar-refractivity contribution in [3.8, 4) is 0 Å². The number of methoxy groups -OCH3 is 1. The van der Waals surface area contributed by atoms with Crippen LogP contribution in [-0.2, 0) is 21.2 Å². The number of hydrogen-bond donors (Lipinski definition) is 2. The Balaban J connectivity index is 1.82. The molecule has 1 atom stereocenters. The Morgan fingerprint density at radius 3 is 3.00 bits per heavy atom. The summed E-state index contributed by atoms with van der Waals surface area (Å²) in [6.07, 6.45) is 3.80. The fourth-order valence-electron chi connectivity index (χ4n) is 3.05. The van der Waals surface area contributed by atoms with E-state index in [9.17, 15) is 8.42 Å². The molecule has 1 aliphatic rings. The monoisotopic (exact) mass is 354 g/mol. The summed E-state index contributed by atoms with van der Waals surface area (Å²) in [5.41, 5.74) is 0.687. The van der Waals surface area contributed by atoms with Crippen molar-refractivity contribution in [2.24, 2.45) is 0 Å². The maximum Gasteiger partial charge on any atom is 0.258 e. The second-order valence-corrected chi connectivity index (χ2v) is 7.84. The Morgan fingerprint density at radius 2 is 2.33 bits per heavy atom. The first-order chi connectivity index (χ1) is 11.5. The fourth-order valence-corrected chi connectivity index (χ4v) is 4.15. The highest BCUT2D eigenvalue weighted by molar-refractivity contribution is 7.89. The molecule has 0 aliphatic carbocycles. The fraction of sp³-hybridized carbons (Fsp3) is 0.600. The molecule has 0 aromatic carbocycles. The van der Waals surface area contributed by atoms with E-state index in [1.54, 1.807) is 13.2 Å². The molecule has 0 bridgehead atoms. The molecule has 1 unspecified atom stereocenters. The summed E-state index contributed by atoms with van der Waals surface area (Å²) < 4.78 is 38.3. The van der Waals surface area contributed by atoms with Gasteiger partial charge in [0.25, 0.3) is 5.71 Å². The molecule has 3 rings (SSSR count). The lowest BCUT2D eigenvalue weighted by Gasteiger charge is -2.28. The first-order valence-corrected chi connectivity index (χ1v) is 9.46. The lowest BCUT2D eigenvalue weighted by Crippen LogP contribution is -2.52. The van der Waals surface area contributed by atoms with Crippen LogP contribution in [0, 0.1) is 0 Å². The standard InChI is InChI=1S/C15H22N4O4S/c1-3-13-12-7-11(8-16-14(12)23-19-13)24(20,21)18-9-15(10-22-2)5-4-6-17-15/h7-8,17-18H,3-6,9-10H2,1-2H3. The Hall–Kier alpha value is -1.55. The van der Waals surface area contributed by atoms with Crippen molar-refractivity contribution in [1.29, 1.82) is 0 Å². The van der Waals surface area contributed by atoms with E-state index in [2.05, 4.69) is 20.2 Å². The maximum atomic E-state index is 12.6. The first kappa shape index (κ1) is 17.3. The highest BCUT2D eigenvalue weighted by Gasteiger charge is 2.35. The minimum atomic E-state index is -3.68. The van der Waals surface area contributed by atoms with Gasteiger partial charge < -0.3 is 14.6 Å². The summed E-state index contributed by atoms with van der Waals surface area (Å²) in [5.74, 6) is 0. The van der Waals surface area contributed by atoms with Crippen molar-refractivity contribution >= 4 is 21.1 Å². The van der Waals surface area contributed by atoms with Crippen LogP contribution in [0.4, 0.5) is 0 Å². The number of aromatic nitrogens is 2. The van der Waals surface area contributed by atoms with Gasteiger partial charge in [0.15, 0.2) is 0 Å². The highest BCUT2D eigenvalue weighted by atomic mass is 32.2. The van der Waals surface area contributed by atoms with E-state index in [0.29, 0.717) is 29.8 Å². The molecular weight excluding hydrogens is 332 g/mol. The first-order valence-electron chi connectivity index (χ1n) is 7.98. The molecule has 2 aromatic heterocycles. The summed E-state index contributed by atoms with van der Waals surface area (Å²) in [6.45, 7) is 3.51. The molecular formula is C15H22N4O4S. The molecule has 1 aliphatic heterocycles. The number of aryl methyl sites for hydroxylation is 1. The Labute approximate surface area is 141 Å². The zero-order valence-corrected chi connectivity index (χ0v) is 14.6. The van der Waals surface area contributed by atoms with Crippen LogP contribution in [0.5, 0.6) is 0 Å². The Morgan fingerprint density at radius 1 is 1.50 bits per heavy atom. The zero-order valence-electron chi connectivity index (χ0n) is 13.8. The van der Waals surface area contributed by atoms with Crippen molar-refractivity contribution in [2.75, 3.05) is 26.8 Å². The van der Waals surface area contributed by atoms with E-state index in [4.69, 9.17) is 9.26 Å². The predicted octanol–water partition coefficient (Wildman–Crippen LogP) is 0.832. The minimum absolute atomic E-state index is 0.110. The summed E-state index contributed by atoms with van der Waals surface area (Å²) in [4.78, 5) is 4.17. The van der Waals surface area contributed by atoms with Crippen molar-refractivity contribution in [3.63, 3.8) is 0 Å². The summed E-state index contributed by atoms with van der Waals surface area (Å²) >= 11 is 0. The van der Waals surface area contributed by atoms with Crippen LogP contribution in [0.3, 0.4) is 0 Å². The average Bonchev–Trinajstić information content (AvgIpc) is 3.20. The van der Waals surface area contributed by atoms with Crippen LogP contribution < -0.4 is 10.0 Å². The normalized spacial score (nSPS) is 21.6. The molecule has 1 saturated heterocycles. The minimum Gasteiger partial charge on any atom is -0.383 e. The molecule has 0 radical (unpaired) electrons. The van der Waals surface area contributed by atoms with Crippen molar-refractivity contribution in [1.82, 2.24) is 20.2 Å². The van der Waals surface area contributed by atoms with Gasteiger partial charge >= 0.3 is 0 Å². The molecule has 8 nitrogen and oxygen atoms in total. The number of nitrogens with zero attached hydrogens (tertiary/aromatic N) is 2. The quantitative estimate of drug-likeness (QED) is 0.758. The van der Waals surface area contributed by atoms with Gasteiger partial charge in [0.05, 0.1) is 29.4 Å².